The summed E-state index contributed by atoms with van der Waals surface area (Å²) in [7, 11) is 0. The molecule has 0 radical (unpaired) electrons. The van der Waals surface area contributed by atoms with Crippen LogP contribution in [0, 0.1) is 17.2 Å². The van der Waals surface area contributed by atoms with Crippen LogP contribution in [0.2, 0.25) is 0 Å². The molecule has 0 aromatic heterocycles. The number of carbonyl (C=O) groups is 1. The van der Waals surface area contributed by atoms with E-state index in [1.165, 1.54) is 12.1 Å². The number of carboxylic acid groups (broad SMARTS) is 1. The molecule has 2 aliphatic heterocycles. The van der Waals surface area contributed by atoms with Crippen molar-refractivity contribution in [3.05, 3.63) is 35.6 Å². The molecule has 0 amide bonds. The first kappa shape index (κ1) is 18.8. The van der Waals surface area contributed by atoms with Gasteiger partial charge >= 0.3 is 5.97 Å². The van der Waals surface area contributed by atoms with Crippen molar-refractivity contribution >= 4 is 11.7 Å². The standard InChI is InChI=1S/C20H27FN2O3/c1-14(2)13-23-8-6-20(7-9-23,19(24)25)12-17-11-18(22-26-17)15-4-3-5-16(21)10-15/h3-5,10,14,17H,6-9,11-13H2,1-2H3,(H,24,25)/t17-/m0/s1. The number of piperidine rings is 1. The van der Waals surface area contributed by atoms with Gasteiger partial charge in [-0.2, -0.15) is 0 Å². The summed E-state index contributed by atoms with van der Waals surface area (Å²) in [5.41, 5.74) is 0.626. The van der Waals surface area contributed by atoms with Crippen LogP contribution in [0.3, 0.4) is 0 Å². The third-order valence-electron chi connectivity index (χ3n) is 5.40. The van der Waals surface area contributed by atoms with Crippen LogP contribution in [-0.2, 0) is 9.63 Å². The average molecular weight is 362 g/mol. The van der Waals surface area contributed by atoms with Gasteiger partial charge in [0.25, 0.3) is 0 Å². The van der Waals surface area contributed by atoms with Gasteiger partial charge in [-0.15, -0.1) is 0 Å². The van der Waals surface area contributed by atoms with Gasteiger partial charge in [-0.1, -0.05) is 31.1 Å². The molecule has 3 rings (SSSR count). The maximum absolute atomic E-state index is 13.4. The lowest BCUT2D eigenvalue weighted by Gasteiger charge is -2.40. The molecule has 5 nitrogen and oxygen atoms in total. The fourth-order valence-electron chi connectivity index (χ4n) is 4.00. The Morgan fingerprint density at radius 2 is 2.15 bits per heavy atom. The molecule has 2 heterocycles. The van der Waals surface area contributed by atoms with E-state index in [4.69, 9.17) is 4.84 Å². The maximum Gasteiger partial charge on any atom is 0.309 e. The summed E-state index contributed by atoms with van der Waals surface area (Å²) in [4.78, 5) is 19.9. The van der Waals surface area contributed by atoms with Crippen LogP contribution >= 0.6 is 0 Å². The molecule has 0 aliphatic carbocycles. The zero-order chi connectivity index (χ0) is 18.7. The van der Waals surface area contributed by atoms with E-state index < -0.39 is 11.4 Å². The summed E-state index contributed by atoms with van der Waals surface area (Å²) < 4.78 is 13.4. The summed E-state index contributed by atoms with van der Waals surface area (Å²) in [6, 6.07) is 6.26. The topological polar surface area (TPSA) is 62.1 Å². The quantitative estimate of drug-likeness (QED) is 0.841. The second-order valence-corrected chi connectivity index (χ2v) is 7.96. The molecule has 1 aromatic rings. The van der Waals surface area contributed by atoms with Crippen LogP contribution in [0.1, 0.15) is 45.1 Å². The van der Waals surface area contributed by atoms with Crippen molar-refractivity contribution in [3.8, 4) is 0 Å². The highest BCUT2D eigenvalue weighted by molar-refractivity contribution is 6.01. The zero-order valence-electron chi connectivity index (χ0n) is 15.4. The predicted molar refractivity (Wildman–Crippen MR) is 97.6 cm³/mol. The number of benzene rings is 1. The highest BCUT2D eigenvalue weighted by atomic mass is 19.1. The molecule has 1 aromatic carbocycles. The number of likely N-dealkylation sites (tertiary alicyclic amines) is 1. The molecule has 1 N–H and O–H groups in total. The molecule has 1 atom stereocenters. The molecule has 142 valence electrons. The molecular weight excluding hydrogens is 335 g/mol. The molecule has 0 bridgehead atoms. The smallest absolute Gasteiger partial charge is 0.309 e. The van der Waals surface area contributed by atoms with Crippen LogP contribution < -0.4 is 0 Å². The Bertz CT molecular complexity index is 681. The number of carboxylic acids is 1. The van der Waals surface area contributed by atoms with Gasteiger partial charge in [0.05, 0.1) is 11.1 Å². The molecule has 26 heavy (non-hydrogen) atoms. The van der Waals surface area contributed by atoms with Gasteiger partial charge in [-0.25, -0.2) is 4.39 Å². The number of aliphatic carboxylic acids is 1. The van der Waals surface area contributed by atoms with E-state index >= 15 is 0 Å². The van der Waals surface area contributed by atoms with E-state index in [0.717, 1.165) is 19.6 Å². The summed E-state index contributed by atoms with van der Waals surface area (Å²) in [5.74, 6) is -0.481. The van der Waals surface area contributed by atoms with Crippen molar-refractivity contribution in [1.29, 1.82) is 0 Å². The van der Waals surface area contributed by atoms with Gasteiger partial charge in [0.15, 0.2) is 0 Å². The zero-order valence-corrected chi connectivity index (χ0v) is 15.4. The van der Waals surface area contributed by atoms with Gasteiger partial charge in [0.2, 0.25) is 0 Å². The lowest BCUT2D eigenvalue weighted by molar-refractivity contribution is -0.155. The minimum absolute atomic E-state index is 0.263. The molecule has 1 fully saturated rings. The minimum Gasteiger partial charge on any atom is -0.481 e. The van der Waals surface area contributed by atoms with Crippen molar-refractivity contribution in [2.75, 3.05) is 19.6 Å². The average Bonchev–Trinajstić information content (AvgIpc) is 3.04. The Morgan fingerprint density at radius 3 is 2.77 bits per heavy atom. The molecular formula is C20H27FN2O3. The Morgan fingerprint density at radius 1 is 1.42 bits per heavy atom. The number of halogens is 1. The van der Waals surface area contributed by atoms with E-state index in [-0.39, 0.29) is 11.9 Å². The highest BCUT2D eigenvalue weighted by Gasteiger charge is 2.44. The van der Waals surface area contributed by atoms with Crippen LogP contribution in [0.15, 0.2) is 29.4 Å². The van der Waals surface area contributed by atoms with Crippen molar-refractivity contribution in [3.63, 3.8) is 0 Å². The van der Waals surface area contributed by atoms with E-state index in [1.807, 2.05) is 0 Å². The molecule has 2 aliphatic rings. The molecule has 0 spiro atoms. The molecule has 0 unspecified atom stereocenters. The normalized spacial score (nSPS) is 22.9. The monoisotopic (exact) mass is 362 g/mol. The first-order chi connectivity index (χ1) is 12.4. The first-order valence-corrected chi connectivity index (χ1v) is 9.32. The number of hydrogen-bond acceptors (Lipinski definition) is 4. The van der Waals surface area contributed by atoms with Crippen LogP contribution in [0.4, 0.5) is 4.39 Å². The van der Waals surface area contributed by atoms with E-state index in [0.29, 0.717) is 42.9 Å². The first-order valence-electron chi connectivity index (χ1n) is 9.32. The molecule has 0 saturated carbocycles. The second-order valence-electron chi connectivity index (χ2n) is 7.96. The van der Waals surface area contributed by atoms with Crippen molar-refractivity contribution in [2.45, 2.75) is 45.6 Å². The Hall–Kier alpha value is -1.95. The third-order valence-corrected chi connectivity index (χ3v) is 5.40. The predicted octanol–water partition coefficient (Wildman–Crippen LogP) is 3.53. The maximum atomic E-state index is 13.4. The summed E-state index contributed by atoms with van der Waals surface area (Å²) in [5, 5.41) is 14.0. The number of hydrogen-bond donors (Lipinski definition) is 1. The van der Waals surface area contributed by atoms with E-state index in [1.54, 1.807) is 12.1 Å². The van der Waals surface area contributed by atoms with Crippen LogP contribution in [0.25, 0.3) is 0 Å². The third kappa shape index (κ3) is 4.23. The Balaban J connectivity index is 1.61. The van der Waals surface area contributed by atoms with Gasteiger partial charge in [0, 0.05) is 24.9 Å². The SMILES string of the molecule is CC(C)CN1CCC(C[C@@H]2CC(c3cccc(F)c3)=NO2)(C(=O)O)CC1. The van der Waals surface area contributed by atoms with E-state index in [2.05, 4.69) is 23.9 Å². The fourth-order valence-corrected chi connectivity index (χ4v) is 4.00. The summed E-state index contributed by atoms with van der Waals surface area (Å²) >= 11 is 0. The lowest BCUT2D eigenvalue weighted by Crippen LogP contribution is -2.46. The van der Waals surface area contributed by atoms with Gasteiger partial charge < -0.3 is 14.8 Å². The fraction of sp³-hybridized carbons (Fsp3) is 0.600. The Labute approximate surface area is 153 Å². The number of nitrogens with zero attached hydrogens (tertiary/aromatic N) is 2. The van der Waals surface area contributed by atoms with Gasteiger partial charge in [-0.3, -0.25) is 4.79 Å². The van der Waals surface area contributed by atoms with Gasteiger partial charge in [0.1, 0.15) is 11.9 Å². The van der Waals surface area contributed by atoms with Crippen molar-refractivity contribution in [1.82, 2.24) is 4.90 Å². The van der Waals surface area contributed by atoms with Crippen molar-refractivity contribution in [2.24, 2.45) is 16.5 Å². The number of oxime groups is 1. The largest absolute Gasteiger partial charge is 0.481 e. The van der Waals surface area contributed by atoms with E-state index in [9.17, 15) is 14.3 Å². The van der Waals surface area contributed by atoms with Crippen LogP contribution in [-0.4, -0.2) is 47.4 Å². The van der Waals surface area contributed by atoms with Gasteiger partial charge in [-0.05, 0) is 44.0 Å². The highest BCUT2D eigenvalue weighted by Crippen LogP contribution is 2.39. The second kappa shape index (κ2) is 7.74. The van der Waals surface area contributed by atoms with Crippen molar-refractivity contribution < 1.29 is 19.1 Å². The summed E-state index contributed by atoms with van der Waals surface area (Å²) in [6.07, 6.45) is 1.96. The molecule has 6 heteroatoms. The minimum atomic E-state index is -0.759. The lowest BCUT2D eigenvalue weighted by atomic mass is 9.73. The summed E-state index contributed by atoms with van der Waals surface area (Å²) in [6.45, 7) is 6.96. The van der Waals surface area contributed by atoms with Crippen LogP contribution in [0.5, 0.6) is 0 Å². The molecule has 1 saturated heterocycles. The Kier molecular flexibility index (Phi) is 5.61. The number of rotatable bonds is 6.